The van der Waals surface area contributed by atoms with Crippen LogP contribution < -0.4 is 11.2 Å². The Morgan fingerprint density at radius 1 is 1.21 bits per heavy atom. The molecule has 0 saturated heterocycles. The Kier molecular flexibility index (Phi) is 4.68. The summed E-state index contributed by atoms with van der Waals surface area (Å²) in [5.41, 5.74) is 8.85. The molecule has 0 spiro atoms. The second-order valence-corrected chi connectivity index (χ2v) is 12.5. The molecule has 6 heteroatoms. The molecule has 0 amide bonds. The Balaban J connectivity index is 1.39. The largest absolute Gasteiger partial charge is 0.393 e. The van der Waals surface area contributed by atoms with Crippen molar-refractivity contribution in [1.29, 1.82) is 5.26 Å². The van der Waals surface area contributed by atoms with E-state index >= 15 is 0 Å². The van der Waals surface area contributed by atoms with Gasteiger partial charge in [-0.15, -0.1) is 11.3 Å². The van der Waals surface area contributed by atoms with Crippen molar-refractivity contribution in [3.05, 3.63) is 38.4 Å². The number of nitrogens with zero attached hydrogens (tertiary/aromatic N) is 1. The third kappa shape index (κ3) is 2.82. The number of pyridine rings is 1. The Hall–Kier alpha value is -2.10. The fourth-order valence-electron chi connectivity index (χ4n) is 8.65. The molecule has 4 aliphatic rings. The van der Waals surface area contributed by atoms with Gasteiger partial charge in [0.2, 0.25) is 5.43 Å². The fourth-order valence-corrected chi connectivity index (χ4v) is 9.67. The van der Waals surface area contributed by atoms with Crippen LogP contribution in [0.2, 0.25) is 0 Å². The summed E-state index contributed by atoms with van der Waals surface area (Å²) in [5.74, 6) is 2.57. The fraction of sp³-hybridized carbons (Fsp3) is 0.630. The molecule has 6 rings (SSSR count). The zero-order chi connectivity index (χ0) is 23.1. The summed E-state index contributed by atoms with van der Waals surface area (Å²) in [7, 11) is 0. The van der Waals surface area contributed by atoms with Gasteiger partial charge in [0.1, 0.15) is 22.3 Å². The van der Waals surface area contributed by atoms with Crippen LogP contribution in [0.3, 0.4) is 0 Å². The minimum absolute atomic E-state index is 0.0444. The number of allylic oxidation sites excluding steroid dienone is 1. The average molecular weight is 464 g/mol. The third-order valence-corrected chi connectivity index (χ3v) is 11.3. The van der Waals surface area contributed by atoms with E-state index in [1.165, 1.54) is 24.8 Å². The highest BCUT2D eigenvalue weighted by atomic mass is 32.1. The number of rotatable bonds is 1. The van der Waals surface area contributed by atoms with Crippen LogP contribution >= 0.6 is 11.3 Å². The maximum absolute atomic E-state index is 13.2. The number of nitrogens with one attached hydrogen (secondary N) is 1. The number of hydrogen-bond donors (Lipinski definition) is 3. The van der Waals surface area contributed by atoms with E-state index in [0.29, 0.717) is 29.1 Å². The molecule has 4 aliphatic carbocycles. The Morgan fingerprint density at radius 2 is 2.03 bits per heavy atom. The lowest BCUT2D eigenvalue weighted by molar-refractivity contribution is -0.0408. The Morgan fingerprint density at radius 3 is 2.82 bits per heavy atom. The maximum Gasteiger partial charge on any atom is 0.210 e. The number of aliphatic hydroxyl groups excluding tert-OH is 1. The van der Waals surface area contributed by atoms with E-state index < -0.39 is 0 Å². The lowest BCUT2D eigenvalue weighted by atomic mass is 9.47. The van der Waals surface area contributed by atoms with E-state index in [-0.39, 0.29) is 33.7 Å². The summed E-state index contributed by atoms with van der Waals surface area (Å²) < 4.78 is 0. The summed E-state index contributed by atoms with van der Waals surface area (Å²) in [4.78, 5) is 17.1. The normalized spacial score (nSPS) is 39.9. The minimum Gasteiger partial charge on any atom is -0.393 e. The molecule has 2 aromatic rings. The van der Waals surface area contributed by atoms with Crippen molar-refractivity contribution in [3.8, 4) is 6.07 Å². The maximum atomic E-state index is 13.2. The van der Waals surface area contributed by atoms with Gasteiger partial charge in [0.05, 0.1) is 11.5 Å². The number of aromatic nitrogens is 1. The van der Waals surface area contributed by atoms with Crippen molar-refractivity contribution in [2.24, 2.45) is 28.6 Å². The van der Waals surface area contributed by atoms with Gasteiger partial charge in [-0.2, -0.15) is 5.26 Å². The molecule has 4 N–H and O–H groups in total. The van der Waals surface area contributed by atoms with Crippen LogP contribution in [0, 0.1) is 39.9 Å². The van der Waals surface area contributed by atoms with Crippen LogP contribution in [0.25, 0.3) is 10.2 Å². The van der Waals surface area contributed by atoms with Crippen molar-refractivity contribution in [2.45, 2.75) is 77.2 Å². The summed E-state index contributed by atoms with van der Waals surface area (Å²) in [6, 6.07) is 2.01. The molecule has 0 bridgehead atoms. The smallest absolute Gasteiger partial charge is 0.210 e. The van der Waals surface area contributed by atoms with Gasteiger partial charge in [0.25, 0.3) is 0 Å². The Labute approximate surface area is 198 Å². The number of nitrogen functional groups attached to an aromatic ring is 1. The number of anilines is 1. The number of nitrogens with two attached hydrogens (primary N) is 1. The average Bonchev–Trinajstić information content (AvgIpc) is 3.34. The molecule has 2 heterocycles. The van der Waals surface area contributed by atoms with Gasteiger partial charge in [-0.3, -0.25) is 4.79 Å². The molecule has 7 atom stereocenters. The van der Waals surface area contributed by atoms with E-state index in [4.69, 9.17) is 5.73 Å². The number of nitriles is 1. The van der Waals surface area contributed by atoms with Crippen LogP contribution in [0.1, 0.15) is 82.3 Å². The van der Waals surface area contributed by atoms with Gasteiger partial charge in [-0.25, -0.2) is 0 Å². The molecule has 0 aromatic carbocycles. The second kappa shape index (κ2) is 7.20. The minimum atomic E-state index is -0.209. The third-order valence-electron chi connectivity index (χ3n) is 10.4. The molecule has 33 heavy (non-hydrogen) atoms. The molecular formula is C27H33N3O2S. The number of H-pyrrole nitrogens is 1. The van der Waals surface area contributed by atoms with Gasteiger partial charge >= 0.3 is 0 Å². The van der Waals surface area contributed by atoms with Gasteiger partial charge in [-0.05, 0) is 96.8 Å². The van der Waals surface area contributed by atoms with E-state index in [1.54, 1.807) is 11.3 Å². The summed E-state index contributed by atoms with van der Waals surface area (Å²) >= 11 is 1.55. The topological polar surface area (TPSA) is 103 Å². The van der Waals surface area contributed by atoms with E-state index in [0.717, 1.165) is 42.5 Å². The summed E-state index contributed by atoms with van der Waals surface area (Å²) in [6.45, 7) is 4.94. The molecule has 0 radical (unpaired) electrons. The monoisotopic (exact) mass is 463 g/mol. The van der Waals surface area contributed by atoms with Crippen LogP contribution in [-0.4, -0.2) is 16.2 Å². The molecule has 0 aliphatic heterocycles. The zero-order valence-corrected chi connectivity index (χ0v) is 20.3. The Bertz CT molecular complexity index is 1270. The first-order chi connectivity index (χ1) is 15.8. The van der Waals surface area contributed by atoms with Crippen molar-refractivity contribution in [2.75, 3.05) is 5.73 Å². The number of aliphatic hydroxyl groups is 1. The van der Waals surface area contributed by atoms with Crippen LogP contribution in [0.15, 0.2) is 21.8 Å². The summed E-state index contributed by atoms with van der Waals surface area (Å²) in [6.07, 6.45) is 11.1. The first-order valence-corrected chi connectivity index (χ1v) is 13.4. The lowest BCUT2D eigenvalue weighted by Gasteiger charge is -2.58. The molecule has 174 valence electrons. The van der Waals surface area contributed by atoms with Crippen LogP contribution in [-0.2, 0) is 0 Å². The highest BCUT2D eigenvalue weighted by Crippen LogP contribution is 2.68. The van der Waals surface area contributed by atoms with Crippen molar-refractivity contribution in [1.82, 2.24) is 4.98 Å². The van der Waals surface area contributed by atoms with Crippen molar-refractivity contribution >= 4 is 27.4 Å². The van der Waals surface area contributed by atoms with Gasteiger partial charge in [0.15, 0.2) is 0 Å². The highest BCUT2D eigenvalue weighted by molar-refractivity contribution is 7.17. The number of thiophene rings is 1. The molecule has 3 saturated carbocycles. The van der Waals surface area contributed by atoms with Gasteiger partial charge < -0.3 is 15.8 Å². The number of aromatic amines is 1. The van der Waals surface area contributed by atoms with Gasteiger partial charge in [-0.1, -0.05) is 25.5 Å². The standard InChI is InChI=1S/C27H33N3O2S/c1-26-9-7-15(31)11-14(26)3-4-16-19-5-6-20(27(19,2)10-8-21(16)26)18-13-33-25-22(18)23(32)17(12-28)24(29)30-25/h3,13,15-16,19-21,31H,4-11H2,1-2H3,(H3,29,30,32)/t15-,16-,19-,20+,21-,26-,27-/m0/s1. The molecule has 5 nitrogen and oxygen atoms in total. The number of hydrogen-bond acceptors (Lipinski definition) is 5. The second-order valence-electron chi connectivity index (χ2n) is 11.6. The highest BCUT2D eigenvalue weighted by Gasteiger charge is 2.59. The van der Waals surface area contributed by atoms with Crippen LogP contribution in [0.4, 0.5) is 5.82 Å². The molecular weight excluding hydrogens is 430 g/mol. The molecule has 3 fully saturated rings. The van der Waals surface area contributed by atoms with Gasteiger partial charge in [0, 0.05) is 0 Å². The quantitative estimate of drug-likeness (QED) is 0.489. The van der Waals surface area contributed by atoms with Crippen molar-refractivity contribution in [3.63, 3.8) is 0 Å². The van der Waals surface area contributed by atoms with E-state index in [9.17, 15) is 15.2 Å². The molecule has 2 aromatic heterocycles. The lowest BCUT2D eigenvalue weighted by Crippen LogP contribution is -2.50. The first-order valence-electron chi connectivity index (χ1n) is 12.5. The van der Waals surface area contributed by atoms with Crippen LogP contribution in [0.5, 0.6) is 0 Å². The van der Waals surface area contributed by atoms with E-state index in [2.05, 4.69) is 30.3 Å². The number of fused-ring (bicyclic) bond motifs is 6. The zero-order valence-electron chi connectivity index (χ0n) is 19.5. The van der Waals surface area contributed by atoms with E-state index in [1.807, 2.05) is 6.07 Å². The first kappa shape index (κ1) is 21.4. The SMILES string of the molecule is C[C@]12CC[C@H]3[C@@H](CC=C4C[C@@H](O)CC[C@@]43C)[C@@H]1CC[C@@H]2c1csc2[nH]c(N)c(C#N)c(=O)c12. The van der Waals surface area contributed by atoms with Crippen molar-refractivity contribution < 1.29 is 5.11 Å². The summed E-state index contributed by atoms with van der Waals surface area (Å²) in [5, 5.41) is 22.6. The predicted molar refractivity (Wildman–Crippen MR) is 132 cm³/mol. The molecule has 0 unspecified atom stereocenters. The predicted octanol–water partition coefficient (Wildman–Crippen LogP) is 5.45.